The molecule has 0 amide bonds. The number of aliphatic carboxylic acids is 1. The van der Waals surface area contributed by atoms with Gasteiger partial charge in [0.05, 0.1) is 0 Å². The number of carboxylic acids is 1. The molecular weight excluding hydrogens is 617 g/mol. The number of esters is 1. The van der Waals surface area contributed by atoms with Gasteiger partial charge in [0.15, 0.2) is 0 Å². The molecule has 0 spiro atoms. The van der Waals surface area contributed by atoms with Gasteiger partial charge in [-0.3, -0.25) is 9.59 Å². The summed E-state index contributed by atoms with van der Waals surface area (Å²) in [7, 11) is 0. The van der Waals surface area contributed by atoms with Crippen LogP contribution in [-0.4, -0.2) is 23.1 Å². The number of carbonyl (C=O) groups is 2. The SMILES string of the molecule is CC/C=C\C/C=C\C/C=C\CCCCCCCCCCCC(=O)OC(CC)CCCCCCCCCCCCCCCCCCCCC(=O)O. The minimum Gasteiger partial charge on any atom is -0.481 e. The van der Waals surface area contributed by atoms with E-state index in [0.29, 0.717) is 12.8 Å². The van der Waals surface area contributed by atoms with Crippen molar-refractivity contribution in [2.45, 2.75) is 245 Å². The molecule has 1 atom stereocenters. The highest BCUT2D eigenvalue weighted by molar-refractivity contribution is 5.69. The van der Waals surface area contributed by atoms with E-state index in [2.05, 4.69) is 50.3 Å². The minimum absolute atomic E-state index is 0.0211. The second kappa shape index (κ2) is 41.6. The Bertz CT molecular complexity index is 798. The zero-order valence-corrected chi connectivity index (χ0v) is 33.5. The van der Waals surface area contributed by atoms with Gasteiger partial charge in [0.25, 0.3) is 0 Å². The fraction of sp³-hybridized carbons (Fsp3) is 0.826. The summed E-state index contributed by atoms with van der Waals surface area (Å²) in [6.07, 6.45) is 55.6. The molecule has 0 saturated carbocycles. The zero-order valence-electron chi connectivity index (χ0n) is 33.5. The predicted octanol–water partition coefficient (Wildman–Crippen LogP) is 15.3. The Kier molecular flexibility index (Phi) is 40.0. The molecule has 1 unspecified atom stereocenters. The van der Waals surface area contributed by atoms with Gasteiger partial charge in [-0.05, 0) is 64.2 Å². The van der Waals surface area contributed by atoms with Crippen LogP contribution in [0.5, 0.6) is 0 Å². The molecule has 0 aliphatic heterocycles. The van der Waals surface area contributed by atoms with E-state index in [-0.39, 0.29) is 12.1 Å². The molecule has 0 aliphatic rings. The van der Waals surface area contributed by atoms with Crippen LogP contribution < -0.4 is 0 Å². The van der Waals surface area contributed by atoms with E-state index in [1.807, 2.05) is 0 Å². The van der Waals surface area contributed by atoms with Gasteiger partial charge in [-0.25, -0.2) is 0 Å². The lowest BCUT2D eigenvalue weighted by Gasteiger charge is -2.16. The molecule has 0 fully saturated rings. The quantitative estimate of drug-likeness (QED) is 0.0393. The second-order valence-corrected chi connectivity index (χ2v) is 14.8. The average Bonchev–Trinajstić information content (AvgIpc) is 3.11. The fourth-order valence-corrected chi connectivity index (χ4v) is 6.66. The molecule has 1 N–H and O–H groups in total. The predicted molar refractivity (Wildman–Crippen MR) is 218 cm³/mol. The first kappa shape index (κ1) is 48.2. The first-order valence-corrected chi connectivity index (χ1v) is 22.0. The Morgan fingerprint density at radius 3 is 1.24 bits per heavy atom. The van der Waals surface area contributed by atoms with Crippen molar-refractivity contribution >= 4 is 11.9 Å². The summed E-state index contributed by atoms with van der Waals surface area (Å²) in [5, 5.41) is 8.66. The number of hydrogen-bond donors (Lipinski definition) is 1. The molecule has 4 nitrogen and oxygen atoms in total. The van der Waals surface area contributed by atoms with E-state index in [1.54, 1.807) is 0 Å². The highest BCUT2D eigenvalue weighted by Gasteiger charge is 2.12. The largest absolute Gasteiger partial charge is 0.481 e. The van der Waals surface area contributed by atoms with Gasteiger partial charge in [0, 0.05) is 12.8 Å². The highest BCUT2D eigenvalue weighted by Crippen LogP contribution is 2.17. The van der Waals surface area contributed by atoms with Crippen molar-refractivity contribution in [1.29, 1.82) is 0 Å². The van der Waals surface area contributed by atoms with Crippen LogP contribution in [0.15, 0.2) is 36.5 Å². The van der Waals surface area contributed by atoms with Crippen LogP contribution in [0.2, 0.25) is 0 Å². The Labute approximate surface area is 311 Å². The van der Waals surface area contributed by atoms with Gasteiger partial charge in [-0.1, -0.05) is 198 Å². The van der Waals surface area contributed by atoms with Crippen LogP contribution >= 0.6 is 0 Å². The summed E-state index contributed by atoms with van der Waals surface area (Å²) in [5.74, 6) is -0.640. The van der Waals surface area contributed by atoms with Crippen molar-refractivity contribution in [1.82, 2.24) is 0 Å². The van der Waals surface area contributed by atoms with E-state index in [1.165, 1.54) is 154 Å². The number of carbonyl (C=O) groups excluding carboxylic acids is 1. The molecule has 4 heteroatoms. The number of allylic oxidation sites excluding steroid dienone is 6. The first-order valence-electron chi connectivity index (χ1n) is 22.0. The van der Waals surface area contributed by atoms with E-state index < -0.39 is 5.97 Å². The van der Waals surface area contributed by atoms with Crippen molar-refractivity contribution in [3.63, 3.8) is 0 Å². The zero-order chi connectivity index (χ0) is 36.4. The van der Waals surface area contributed by atoms with Gasteiger partial charge in [-0.2, -0.15) is 0 Å². The van der Waals surface area contributed by atoms with Crippen LogP contribution in [0, 0.1) is 0 Å². The summed E-state index contributed by atoms with van der Waals surface area (Å²) < 4.78 is 5.81. The smallest absolute Gasteiger partial charge is 0.306 e. The fourth-order valence-electron chi connectivity index (χ4n) is 6.66. The van der Waals surface area contributed by atoms with E-state index in [0.717, 1.165) is 57.8 Å². The van der Waals surface area contributed by atoms with E-state index in [4.69, 9.17) is 9.84 Å². The topological polar surface area (TPSA) is 63.6 Å². The van der Waals surface area contributed by atoms with Gasteiger partial charge >= 0.3 is 11.9 Å². The number of carboxylic acid groups (broad SMARTS) is 1. The molecule has 50 heavy (non-hydrogen) atoms. The Morgan fingerprint density at radius 2 is 0.820 bits per heavy atom. The molecule has 0 aromatic rings. The molecule has 0 radical (unpaired) electrons. The molecule has 0 bridgehead atoms. The monoisotopic (exact) mass is 701 g/mol. The molecule has 0 rings (SSSR count). The van der Waals surface area contributed by atoms with Crippen molar-refractivity contribution < 1.29 is 19.4 Å². The van der Waals surface area contributed by atoms with Crippen LogP contribution in [-0.2, 0) is 14.3 Å². The highest BCUT2D eigenvalue weighted by atomic mass is 16.5. The van der Waals surface area contributed by atoms with Crippen LogP contribution in [0.4, 0.5) is 0 Å². The van der Waals surface area contributed by atoms with Crippen molar-refractivity contribution in [2.24, 2.45) is 0 Å². The standard InChI is InChI=1S/C46H84O4/c1-3-5-6-7-8-9-10-11-12-13-14-19-22-25-28-31-34-37-40-43-46(49)50-44(4-2)41-38-35-32-29-26-23-20-17-15-16-18-21-24-27-30-33-36-39-42-45(47)48/h5-6,8-9,11-12,44H,3-4,7,10,13-43H2,1-2H3,(H,47,48)/b6-5-,9-8-,12-11-. The lowest BCUT2D eigenvalue weighted by molar-refractivity contribution is -0.149. The molecule has 0 saturated heterocycles. The number of ether oxygens (including phenoxy) is 1. The van der Waals surface area contributed by atoms with Crippen LogP contribution in [0.25, 0.3) is 0 Å². The van der Waals surface area contributed by atoms with Crippen molar-refractivity contribution in [2.75, 3.05) is 0 Å². The lowest BCUT2D eigenvalue weighted by Crippen LogP contribution is -2.17. The summed E-state index contributed by atoms with van der Waals surface area (Å²) in [5.41, 5.74) is 0. The normalized spacial score (nSPS) is 12.5. The van der Waals surface area contributed by atoms with Gasteiger partial charge in [0.1, 0.15) is 6.10 Å². The maximum atomic E-state index is 12.4. The molecule has 0 aliphatic carbocycles. The summed E-state index contributed by atoms with van der Waals surface area (Å²) in [6, 6.07) is 0. The molecular formula is C46H84O4. The average molecular weight is 701 g/mol. The van der Waals surface area contributed by atoms with Gasteiger partial charge < -0.3 is 9.84 Å². The maximum absolute atomic E-state index is 12.4. The molecule has 0 aromatic carbocycles. The number of rotatable bonds is 40. The van der Waals surface area contributed by atoms with Crippen molar-refractivity contribution in [3.05, 3.63) is 36.5 Å². The molecule has 292 valence electrons. The maximum Gasteiger partial charge on any atom is 0.306 e. The van der Waals surface area contributed by atoms with Gasteiger partial charge in [-0.15, -0.1) is 0 Å². The van der Waals surface area contributed by atoms with E-state index in [9.17, 15) is 9.59 Å². The Morgan fingerprint density at radius 1 is 0.460 bits per heavy atom. The lowest BCUT2D eigenvalue weighted by atomic mass is 10.0. The Balaban J connectivity index is 3.41. The third-order valence-electron chi connectivity index (χ3n) is 9.95. The third kappa shape index (κ3) is 40.6. The van der Waals surface area contributed by atoms with Crippen molar-refractivity contribution in [3.8, 4) is 0 Å². The summed E-state index contributed by atoms with van der Waals surface area (Å²) in [6.45, 7) is 4.32. The number of hydrogen-bond acceptors (Lipinski definition) is 3. The summed E-state index contributed by atoms with van der Waals surface area (Å²) in [4.78, 5) is 22.9. The third-order valence-corrected chi connectivity index (χ3v) is 9.95. The minimum atomic E-state index is -0.661. The number of unbranched alkanes of at least 4 members (excludes halogenated alkanes) is 26. The van der Waals surface area contributed by atoms with Gasteiger partial charge in [0.2, 0.25) is 0 Å². The molecule has 0 aromatic heterocycles. The van der Waals surface area contributed by atoms with Crippen LogP contribution in [0.3, 0.4) is 0 Å². The van der Waals surface area contributed by atoms with E-state index >= 15 is 0 Å². The first-order chi connectivity index (χ1) is 24.6. The summed E-state index contributed by atoms with van der Waals surface area (Å²) >= 11 is 0. The second-order valence-electron chi connectivity index (χ2n) is 14.8. The van der Waals surface area contributed by atoms with Crippen LogP contribution in [0.1, 0.15) is 239 Å². The Hall–Kier alpha value is -1.84. The molecule has 0 heterocycles.